The van der Waals surface area contributed by atoms with Gasteiger partial charge in [0.15, 0.2) is 0 Å². The molecule has 2 heterocycles. The molecule has 6 heteroatoms. The summed E-state index contributed by atoms with van der Waals surface area (Å²) in [4.78, 5) is 15.9. The summed E-state index contributed by atoms with van der Waals surface area (Å²) in [6.45, 7) is 0. The van der Waals surface area contributed by atoms with Crippen molar-refractivity contribution in [2.24, 2.45) is 0 Å². The summed E-state index contributed by atoms with van der Waals surface area (Å²) in [7, 11) is 1.54. The molecule has 0 atom stereocenters. The molecule has 6 nitrogen and oxygen atoms in total. The third-order valence-electron chi connectivity index (χ3n) is 3.11. The molecule has 3 rings (SSSR count). The molecule has 0 aliphatic heterocycles. The van der Waals surface area contributed by atoms with Gasteiger partial charge in [-0.2, -0.15) is 5.10 Å². The number of ether oxygens (including phenoxy) is 1. The maximum Gasteiger partial charge on any atom is 0.248 e. The van der Waals surface area contributed by atoms with Crippen molar-refractivity contribution in [1.29, 1.82) is 0 Å². The number of amides is 1. The molecule has 0 fully saturated rings. The monoisotopic (exact) mass is 294 g/mol. The Labute approximate surface area is 126 Å². The first-order valence-corrected chi connectivity index (χ1v) is 6.68. The van der Waals surface area contributed by atoms with Gasteiger partial charge < -0.3 is 10.1 Å². The number of aromatic nitrogens is 3. The first kappa shape index (κ1) is 13.8. The van der Waals surface area contributed by atoms with Gasteiger partial charge in [0.25, 0.3) is 0 Å². The number of rotatable bonds is 4. The number of para-hydroxylation sites is 1. The van der Waals surface area contributed by atoms with Crippen LogP contribution in [0.15, 0.2) is 48.7 Å². The molecular weight excluding hydrogens is 280 g/mol. The molecule has 0 saturated carbocycles. The molecule has 2 N–H and O–H groups in total. The van der Waals surface area contributed by atoms with Crippen LogP contribution >= 0.6 is 0 Å². The van der Waals surface area contributed by atoms with E-state index in [0.29, 0.717) is 11.6 Å². The van der Waals surface area contributed by atoms with E-state index >= 15 is 0 Å². The van der Waals surface area contributed by atoms with E-state index in [-0.39, 0.29) is 5.91 Å². The summed E-state index contributed by atoms with van der Waals surface area (Å²) in [6.07, 6.45) is 4.65. The molecule has 1 aromatic carbocycles. The number of benzene rings is 1. The molecular formula is C16H14N4O2. The van der Waals surface area contributed by atoms with Gasteiger partial charge in [0, 0.05) is 17.5 Å². The van der Waals surface area contributed by atoms with E-state index in [0.717, 1.165) is 16.6 Å². The van der Waals surface area contributed by atoms with E-state index < -0.39 is 0 Å². The lowest BCUT2D eigenvalue weighted by molar-refractivity contribution is -0.111. The van der Waals surface area contributed by atoms with Crippen molar-refractivity contribution in [2.45, 2.75) is 0 Å². The van der Waals surface area contributed by atoms with Crippen molar-refractivity contribution in [3.05, 3.63) is 54.4 Å². The number of pyridine rings is 1. The predicted octanol–water partition coefficient (Wildman–Crippen LogP) is 2.62. The Morgan fingerprint density at radius 3 is 2.91 bits per heavy atom. The van der Waals surface area contributed by atoms with E-state index in [1.807, 2.05) is 24.3 Å². The Morgan fingerprint density at radius 2 is 2.14 bits per heavy atom. The summed E-state index contributed by atoms with van der Waals surface area (Å²) >= 11 is 0. The lowest BCUT2D eigenvalue weighted by Crippen LogP contribution is -2.07. The topological polar surface area (TPSA) is 79.9 Å². The van der Waals surface area contributed by atoms with Crippen molar-refractivity contribution in [3.63, 3.8) is 0 Å². The molecule has 0 aliphatic carbocycles. The van der Waals surface area contributed by atoms with Gasteiger partial charge in [0.1, 0.15) is 0 Å². The number of nitrogens with one attached hydrogen (secondary N) is 2. The fraction of sp³-hybridized carbons (Fsp3) is 0.0625. The van der Waals surface area contributed by atoms with Crippen LogP contribution in [0.3, 0.4) is 0 Å². The SMILES string of the molecule is COc1ccc(NC(=O)C=Cc2n[nH]c3ccccc23)cn1. The van der Waals surface area contributed by atoms with Crippen LogP contribution in [-0.2, 0) is 4.79 Å². The Kier molecular flexibility index (Phi) is 3.82. The average Bonchev–Trinajstić information content (AvgIpc) is 2.97. The van der Waals surface area contributed by atoms with Gasteiger partial charge >= 0.3 is 0 Å². The second-order valence-corrected chi connectivity index (χ2v) is 4.57. The maximum absolute atomic E-state index is 11.9. The molecule has 0 saturated heterocycles. The third kappa shape index (κ3) is 2.95. The number of anilines is 1. The summed E-state index contributed by atoms with van der Waals surface area (Å²) in [5, 5.41) is 10.8. The predicted molar refractivity (Wildman–Crippen MR) is 84.5 cm³/mol. The van der Waals surface area contributed by atoms with E-state index in [1.165, 1.54) is 19.4 Å². The molecule has 110 valence electrons. The van der Waals surface area contributed by atoms with Gasteiger partial charge in [-0.25, -0.2) is 4.98 Å². The third-order valence-corrected chi connectivity index (χ3v) is 3.11. The van der Waals surface area contributed by atoms with Crippen LogP contribution in [0.25, 0.3) is 17.0 Å². The van der Waals surface area contributed by atoms with Gasteiger partial charge in [-0.05, 0) is 18.2 Å². The molecule has 0 unspecified atom stereocenters. The number of hydrogen-bond donors (Lipinski definition) is 2. The summed E-state index contributed by atoms with van der Waals surface area (Å²) in [5.41, 5.74) is 2.25. The van der Waals surface area contributed by atoms with Crippen LogP contribution < -0.4 is 10.1 Å². The number of carbonyl (C=O) groups is 1. The Morgan fingerprint density at radius 1 is 1.27 bits per heavy atom. The fourth-order valence-corrected chi connectivity index (χ4v) is 2.03. The number of aromatic amines is 1. The Hall–Kier alpha value is -3.15. The van der Waals surface area contributed by atoms with Crippen LogP contribution in [0.4, 0.5) is 5.69 Å². The first-order chi connectivity index (χ1) is 10.8. The lowest BCUT2D eigenvalue weighted by atomic mass is 10.2. The first-order valence-electron chi connectivity index (χ1n) is 6.68. The average molecular weight is 294 g/mol. The summed E-state index contributed by atoms with van der Waals surface area (Å²) in [5.74, 6) is 0.246. The van der Waals surface area contributed by atoms with Crippen LogP contribution in [0, 0.1) is 0 Å². The highest BCUT2D eigenvalue weighted by molar-refractivity contribution is 6.02. The number of fused-ring (bicyclic) bond motifs is 1. The van der Waals surface area contributed by atoms with Gasteiger partial charge in [-0.15, -0.1) is 0 Å². The van der Waals surface area contributed by atoms with Crippen LogP contribution in [0.2, 0.25) is 0 Å². The van der Waals surface area contributed by atoms with Crippen LogP contribution in [-0.4, -0.2) is 28.2 Å². The molecule has 0 radical (unpaired) electrons. The quantitative estimate of drug-likeness (QED) is 0.725. The van der Waals surface area contributed by atoms with Gasteiger partial charge in [-0.1, -0.05) is 18.2 Å². The zero-order valence-electron chi connectivity index (χ0n) is 11.9. The second kappa shape index (κ2) is 6.09. The zero-order valence-corrected chi connectivity index (χ0v) is 11.9. The van der Waals surface area contributed by atoms with Crippen molar-refractivity contribution in [3.8, 4) is 5.88 Å². The van der Waals surface area contributed by atoms with Gasteiger partial charge in [-0.3, -0.25) is 9.89 Å². The van der Waals surface area contributed by atoms with Gasteiger partial charge in [0.05, 0.1) is 30.2 Å². The minimum absolute atomic E-state index is 0.251. The van der Waals surface area contributed by atoms with E-state index in [1.54, 1.807) is 18.2 Å². The number of H-pyrrole nitrogens is 1. The van der Waals surface area contributed by atoms with Crippen LogP contribution in [0.5, 0.6) is 5.88 Å². The highest BCUT2D eigenvalue weighted by Crippen LogP contribution is 2.16. The molecule has 1 amide bonds. The largest absolute Gasteiger partial charge is 0.481 e. The number of carbonyl (C=O) groups excluding carboxylic acids is 1. The van der Waals surface area contributed by atoms with Crippen molar-refractivity contribution >= 4 is 28.6 Å². The normalized spacial score (nSPS) is 11.0. The van der Waals surface area contributed by atoms with E-state index in [2.05, 4.69) is 20.5 Å². The van der Waals surface area contributed by atoms with Crippen molar-refractivity contribution in [1.82, 2.24) is 15.2 Å². The minimum atomic E-state index is -0.251. The Bertz CT molecular complexity index is 822. The second-order valence-electron chi connectivity index (χ2n) is 4.57. The van der Waals surface area contributed by atoms with Crippen molar-refractivity contribution in [2.75, 3.05) is 12.4 Å². The molecule has 0 bridgehead atoms. The van der Waals surface area contributed by atoms with Crippen LogP contribution in [0.1, 0.15) is 5.69 Å². The summed E-state index contributed by atoms with van der Waals surface area (Å²) in [6, 6.07) is 11.1. The molecule has 0 spiro atoms. The highest BCUT2D eigenvalue weighted by Gasteiger charge is 2.03. The smallest absolute Gasteiger partial charge is 0.248 e. The fourth-order valence-electron chi connectivity index (χ4n) is 2.03. The lowest BCUT2D eigenvalue weighted by Gasteiger charge is -2.02. The minimum Gasteiger partial charge on any atom is -0.481 e. The molecule has 2 aromatic heterocycles. The van der Waals surface area contributed by atoms with Crippen molar-refractivity contribution < 1.29 is 9.53 Å². The van der Waals surface area contributed by atoms with E-state index in [9.17, 15) is 4.79 Å². The number of nitrogens with zero attached hydrogens (tertiary/aromatic N) is 2. The number of hydrogen-bond acceptors (Lipinski definition) is 4. The zero-order chi connectivity index (χ0) is 15.4. The molecule has 0 aliphatic rings. The van der Waals surface area contributed by atoms with E-state index in [4.69, 9.17) is 4.74 Å². The number of methoxy groups -OCH3 is 1. The molecule has 22 heavy (non-hydrogen) atoms. The maximum atomic E-state index is 11.9. The Balaban J connectivity index is 1.70. The summed E-state index contributed by atoms with van der Waals surface area (Å²) < 4.78 is 4.96. The standard InChI is InChI=1S/C16H14N4O2/c1-22-16-9-6-11(10-17-16)18-15(21)8-7-14-12-4-2-3-5-13(12)19-20-14/h2-10H,1H3,(H,18,21)(H,19,20). The molecule has 3 aromatic rings. The highest BCUT2D eigenvalue weighted by atomic mass is 16.5. The van der Waals surface area contributed by atoms with Gasteiger partial charge in [0.2, 0.25) is 11.8 Å².